The van der Waals surface area contributed by atoms with Gasteiger partial charge in [0.1, 0.15) is 0 Å². The Morgan fingerprint density at radius 1 is 1.35 bits per heavy atom. The van der Waals surface area contributed by atoms with E-state index in [0.717, 1.165) is 30.3 Å². The number of amides is 2. The first-order valence-corrected chi connectivity index (χ1v) is 9.41. The number of halogens is 1. The van der Waals surface area contributed by atoms with Gasteiger partial charge in [-0.25, -0.2) is 0 Å². The molecule has 2 aliphatic heterocycles. The van der Waals surface area contributed by atoms with E-state index in [9.17, 15) is 9.59 Å². The minimum atomic E-state index is -0.123. The van der Waals surface area contributed by atoms with Crippen molar-refractivity contribution in [3.63, 3.8) is 0 Å². The number of benzene rings is 1. The van der Waals surface area contributed by atoms with Crippen molar-refractivity contribution in [3.05, 3.63) is 34.5 Å². The van der Waals surface area contributed by atoms with Gasteiger partial charge in [0, 0.05) is 43.2 Å². The van der Waals surface area contributed by atoms with Gasteiger partial charge in [-0.3, -0.25) is 9.59 Å². The zero-order valence-electron chi connectivity index (χ0n) is 14.8. The summed E-state index contributed by atoms with van der Waals surface area (Å²) in [5.74, 6) is 0.338. The Balaban J connectivity index is 1.57. The summed E-state index contributed by atoms with van der Waals surface area (Å²) < 4.78 is 5.83. The molecule has 6 nitrogen and oxygen atoms in total. The molecule has 26 heavy (non-hydrogen) atoms. The molecule has 4 rings (SSSR count). The molecule has 2 fully saturated rings. The van der Waals surface area contributed by atoms with Crippen molar-refractivity contribution >= 4 is 34.4 Å². The number of likely N-dealkylation sites (tertiary alicyclic amines) is 1. The van der Waals surface area contributed by atoms with Crippen LogP contribution in [0.25, 0.3) is 11.0 Å². The molecule has 1 aromatic carbocycles. The Kier molecular flexibility index (Phi) is 4.63. The van der Waals surface area contributed by atoms with E-state index in [1.165, 1.54) is 0 Å². The predicted octanol–water partition coefficient (Wildman–Crippen LogP) is 2.43. The normalized spacial score (nSPS) is 21.5. The van der Waals surface area contributed by atoms with Gasteiger partial charge in [-0.2, -0.15) is 0 Å². The van der Waals surface area contributed by atoms with Gasteiger partial charge in [-0.1, -0.05) is 23.7 Å². The average Bonchev–Trinajstić information content (AvgIpc) is 3.00. The third-order valence-electron chi connectivity index (χ3n) is 5.36. The molecule has 1 aromatic heterocycles. The molecule has 2 aromatic rings. The van der Waals surface area contributed by atoms with E-state index in [-0.39, 0.29) is 17.9 Å². The number of aryl methyl sites for hydroxylation is 1. The maximum atomic E-state index is 13.1. The van der Waals surface area contributed by atoms with Gasteiger partial charge < -0.3 is 19.5 Å². The molecule has 0 saturated carbocycles. The van der Waals surface area contributed by atoms with Gasteiger partial charge in [0.2, 0.25) is 5.91 Å². The van der Waals surface area contributed by atoms with Crippen LogP contribution in [0.3, 0.4) is 0 Å². The third kappa shape index (κ3) is 2.97. The van der Waals surface area contributed by atoms with E-state index in [2.05, 4.69) is 5.32 Å². The minimum absolute atomic E-state index is 0.0792. The fourth-order valence-corrected chi connectivity index (χ4v) is 4.17. The largest absolute Gasteiger partial charge is 0.449 e. The van der Waals surface area contributed by atoms with Crippen molar-refractivity contribution < 1.29 is 14.0 Å². The number of para-hydroxylation sites is 1. The number of carbonyl (C=O) groups is 2. The van der Waals surface area contributed by atoms with Crippen LogP contribution < -0.4 is 5.32 Å². The van der Waals surface area contributed by atoms with Crippen LogP contribution in [0.4, 0.5) is 0 Å². The number of hydrogen-bond donors (Lipinski definition) is 1. The summed E-state index contributed by atoms with van der Waals surface area (Å²) in [7, 11) is 0. The first kappa shape index (κ1) is 17.4. The fraction of sp³-hybridized carbons (Fsp3) is 0.474. The number of carbonyl (C=O) groups excluding carboxylic acids is 2. The lowest BCUT2D eigenvalue weighted by atomic mass is 10.0. The molecule has 1 atom stereocenters. The molecular weight excluding hydrogens is 354 g/mol. The van der Waals surface area contributed by atoms with Crippen LogP contribution in [0.15, 0.2) is 22.6 Å². The van der Waals surface area contributed by atoms with Crippen molar-refractivity contribution in [1.29, 1.82) is 0 Å². The van der Waals surface area contributed by atoms with Gasteiger partial charge in [0.15, 0.2) is 11.3 Å². The van der Waals surface area contributed by atoms with Crippen LogP contribution in [0.2, 0.25) is 5.02 Å². The van der Waals surface area contributed by atoms with Crippen LogP contribution in [0.5, 0.6) is 0 Å². The summed E-state index contributed by atoms with van der Waals surface area (Å²) in [4.78, 5) is 29.0. The van der Waals surface area contributed by atoms with Crippen molar-refractivity contribution in [3.8, 4) is 0 Å². The van der Waals surface area contributed by atoms with Gasteiger partial charge in [-0.05, 0) is 25.8 Å². The van der Waals surface area contributed by atoms with E-state index >= 15 is 0 Å². The highest BCUT2D eigenvalue weighted by Gasteiger charge is 2.33. The van der Waals surface area contributed by atoms with Gasteiger partial charge in [-0.15, -0.1) is 0 Å². The molecule has 138 valence electrons. The van der Waals surface area contributed by atoms with E-state index in [1.54, 1.807) is 6.07 Å². The lowest BCUT2D eigenvalue weighted by Crippen LogP contribution is -2.57. The summed E-state index contributed by atoms with van der Waals surface area (Å²) in [5, 5.41) is 4.47. The Morgan fingerprint density at radius 2 is 2.19 bits per heavy atom. The van der Waals surface area contributed by atoms with Crippen LogP contribution in [-0.4, -0.2) is 60.4 Å². The molecule has 3 heterocycles. The lowest BCUT2D eigenvalue weighted by molar-refractivity contribution is -0.135. The molecule has 1 N–H and O–H groups in total. The van der Waals surface area contributed by atoms with Crippen molar-refractivity contribution in [2.24, 2.45) is 0 Å². The van der Waals surface area contributed by atoms with Gasteiger partial charge >= 0.3 is 0 Å². The maximum absolute atomic E-state index is 13.1. The van der Waals surface area contributed by atoms with Crippen molar-refractivity contribution in [2.75, 3.05) is 32.7 Å². The smallest absolute Gasteiger partial charge is 0.289 e. The molecule has 0 aliphatic carbocycles. The molecular formula is C19H22ClN3O3. The SMILES string of the molecule is Cc1c(C(=O)N2CCCC(N3CCNCC3=O)C2)oc2c(Cl)cccc12. The summed E-state index contributed by atoms with van der Waals surface area (Å²) >= 11 is 6.20. The first-order chi connectivity index (χ1) is 12.6. The minimum Gasteiger partial charge on any atom is -0.449 e. The number of rotatable bonds is 2. The zero-order valence-corrected chi connectivity index (χ0v) is 15.5. The lowest BCUT2D eigenvalue weighted by Gasteiger charge is -2.40. The Morgan fingerprint density at radius 3 is 2.96 bits per heavy atom. The maximum Gasteiger partial charge on any atom is 0.289 e. The number of nitrogens with zero attached hydrogens (tertiary/aromatic N) is 2. The number of piperidine rings is 1. The summed E-state index contributed by atoms with van der Waals surface area (Å²) in [6.45, 7) is 5.00. The zero-order chi connectivity index (χ0) is 18.3. The second-order valence-electron chi connectivity index (χ2n) is 6.98. The van der Waals surface area contributed by atoms with Crippen LogP contribution >= 0.6 is 11.6 Å². The average molecular weight is 376 g/mol. The highest BCUT2D eigenvalue weighted by Crippen LogP contribution is 2.32. The quantitative estimate of drug-likeness (QED) is 0.875. The van der Waals surface area contributed by atoms with Crippen molar-refractivity contribution in [1.82, 2.24) is 15.1 Å². The van der Waals surface area contributed by atoms with E-state index in [4.69, 9.17) is 16.0 Å². The van der Waals surface area contributed by atoms with E-state index in [1.807, 2.05) is 28.9 Å². The van der Waals surface area contributed by atoms with Gasteiger partial charge in [0.25, 0.3) is 5.91 Å². The Hall–Kier alpha value is -2.05. The number of hydrogen-bond acceptors (Lipinski definition) is 4. The van der Waals surface area contributed by atoms with Crippen LogP contribution in [-0.2, 0) is 4.79 Å². The first-order valence-electron chi connectivity index (χ1n) is 9.03. The molecule has 7 heteroatoms. The highest BCUT2D eigenvalue weighted by molar-refractivity contribution is 6.35. The second-order valence-corrected chi connectivity index (χ2v) is 7.39. The summed E-state index contributed by atoms with van der Waals surface area (Å²) in [6, 6.07) is 5.60. The van der Waals surface area contributed by atoms with Crippen LogP contribution in [0, 0.1) is 6.92 Å². The molecule has 2 aliphatic rings. The van der Waals surface area contributed by atoms with E-state index < -0.39 is 0 Å². The number of nitrogens with one attached hydrogen (secondary N) is 1. The Labute approximate surface area is 157 Å². The highest BCUT2D eigenvalue weighted by atomic mass is 35.5. The predicted molar refractivity (Wildman–Crippen MR) is 99.5 cm³/mol. The summed E-state index contributed by atoms with van der Waals surface area (Å²) in [6.07, 6.45) is 1.81. The topological polar surface area (TPSA) is 65.8 Å². The molecule has 0 spiro atoms. The monoisotopic (exact) mass is 375 g/mol. The number of fused-ring (bicyclic) bond motifs is 1. The number of piperazine rings is 1. The number of furan rings is 1. The summed E-state index contributed by atoms with van der Waals surface area (Å²) in [5.41, 5.74) is 1.37. The fourth-order valence-electron chi connectivity index (χ4n) is 3.96. The Bertz CT molecular complexity index is 863. The second kappa shape index (κ2) is 6.93. The molecule has 2 saturated heterocycles. The van der Waals surface area contributed by atoms with Crippen molar-refractivity contribution in [2.45, 2.75) is 25.8 Å². The van der Waals surface area contributed by atoms with Gasteiger partial charge in [0.05, 0.1) is 11.6 Å². The van der Waals surface area contributed by atoms with E-state index in [0.29, 0.717) is 42.5 Å². The molecule has 0 bridgehead atoms. The third-order valence-corrected chi connectivity index (χ3v) is 5.66. The molecule has 0 radical (unpaired) electrons. The standard InChI is InChI=1S/C19H22ClN3O3/c1-12-14-5-2-6-15(20)18(14)26-17(12)19(25)22-8-3-4-13(11-22)23-9-7-21-10-16(23)24/h2,5-6,13,21H,3-4,7-11H2,1H3. The van der Waals surface area contributed by atoms with Crippen LogP contribution in [0.1, 0.15) is 29.0 Å². The molecule has 1 unspecified atom stereocenters. The molecule has 2 amide bonds.